The first-order valence-corrected chi connectivity index (χ1v) is 6.79. The highest BCUT2D eigenvalue weighted by Crippen LogP contribution is 2.26. The van der Waals surface area contributed by atoms with Crippen molar-refractivity contribution in [3.63, 3.8) is 0 Å². The Morgan fingerprint density at radius 2 is 2.35 bits per heavy atom. The molecule has 0 saturated heterocycles. The van der Waals surface area contributed by atoms with Gasteiger partial charge in [0.1, 0.15) is 10.6 Å². The second-order valence-electron chi connectivity index (χ2n) is 3.80. The summed E-state index contributed by atoms with van der Waals surface area (Å²) in [5.41, 5.74) is 0. The van der Waals surface area contributed by atoms with Crippen molar-refractivity contribution < 1.29 is 5.11 Å². The molecule has 17 heavy (non-hydrogen) atoms. The predicted octanol–water partition coefficient (Wildman–Crippen LogP) is 2.92. The highest BCUT2D eigenvalue weighted by molar-refractivity contribution is 7.16. The van der Waals surface area contributed by atoms with Crippen molar-refractivity contribution in [3.8, 4) is 0 Å². The highest BCUT2D eigenvalue weighted by Gasteiger charge is 2.09. The van der Waals surface area contributed by atoms with E-state index in [1.54, 1.807) is 0 Å². The fraction of sp³-hybridized carbons (Fsp3) is 0.455. The monoisotopic (exact) mass is 271 g/mol. The van der Waals surface area contributed by atoms with E-state index in [1.807, 2.05) is 18.4 Å². The van der Waals surface area contributed by atoms with Crippen LogP contribution < -0.4 is 5.32 Å². The van der Waals surface area contributed by atoms with Gasteiger partial charge in [-0.2, -0.15) is 0 Å². The number of aliphatic hydroxyl groups excluding tert-OH is 1. The minimum absolute atomic E-state index is 0.229. The number of hydrogen-bond acceptors (Lipinski definition) is 5. The minimum atomic E-state index is -0.359. The minimum Gasteiger partial charge on any atom is -0.391 e. The fourth-order valence-corrected chi connectivity index (χ4v) is 2.60. The summed E-state index contributed by atoms with van der Waals surface area (Å²) in [5.74, 6) is 0.691. The molecule has 0 amide bonds. The van der Waals surface area contributed by atoms with Crippen molar-refractivity contribution in [2.75, 3.05) is 11.9 Å². The Morgan fingerprint density at radius 1 is 1.53 bits per heavy atom. The first-order valence-electron chi connectivity index (χ1n) is 5.53. The zero-order valence-electron chi connectivity index (χ0n) is 9.48. The van der Waals surface area contributed by atoms with Gasteiger partial charge in [-0.15, -0.1) is 11.3 Å². The van der Waals surface area contributed by atoms with E-state index in [2.05, 4.69) is 15.3 Å². The summed E-state index contributed by atoms with van der Waals surface area (Å²) in [5, 5.41) is 15.9. The van der Waals surface area contributed by atoms with Crippen LogP contribution in [0.5, 0.6) is 0 Å². The predicted molar refractivity (Wildman–Crippen MR) is 71.8 cm³/mol. The van der Waals surface area contributed by atoms with Crippen molar-refractivity contribution in [2.45, 2.75) is 25.9 Å². The number of fused-ring (bicyclic) bond motifs is 1. The van der Waals surface area contributed by atoms with Gasteiger partial charge in [-0.1, -0.05) is 13.3 Å². The molecule has 0 radical (unpaired) electrons. The Hall–Kier alpha value is -0.910. The molecule has 0 fully saturated rings. The van der Waals surface area contributed by atoms with Crippen LogP contribution in [0.1, 0.15) is 19.8 Å². The van der Waals surface area contributed by atoms with Crippen LogP contribution in [0.3, 0.4) is 0 Å². The second-order valence-corrected chi connectivity index (χ2v) is 5.04. The molecule has 1 unspecified atom stereocenters. The van der Waals surface area contributed by atoms with Crippen molar-refractivity contribution in [1.29, 1.82) is 0 Å². The standard InChI is InChI=1S/C11H14ClN3OS/c1-2-3-7(16)6-13-9-8-4-5-17-10(8)15-11(12)14-9/h4-5,7,16H,2-3,6H2,1H3,(H,13,14,15). The van der Waals surface area contributed by atoms with E-state index in [0.29, 0.717) is 12.4 Å². The van der Waals surface area contributed by atoms with Crippen LogP contribution in [0.4, 0.5) is 5.82 Å². The summed E-state index contributed by atoms with van der Waals surface area (Å²) in [4.78, 5) is 9.13. The summed E-state index contributed by atoms with van der Waals surface area (Å²) < 4.78 is 0. The largest absolute Gasteiger partial charge is 0.391 e. The molecular formula is C11H14ClN3OS. The SMILES string of the molecule is CCCC(O)CNc1nc(Cl)nc2sccc12. The number of anilines is 1. The summed E-state index contributed by atoms with van der Waals surface area (Å²) >= 11 is 7.36. The number of nitrogens with one attached hydrogen (secondary N) is 1. The molecule has 0 saturated carbocycles. The van der Waals surface area contributed by atoms with Crippen molar-refractivity contribution >= 4 is 39.0 Å². The molecule has 2 N–H and O–H groups in total. The molecule has 2 aromatic heterocycles. The third kappa shape index (κ3) is 3.06. The molecular weight excluding hydrogens is 258 g/mol. The first-order chi connectivity index (χ1) is 8.20. The lowest BCUT2D eigenvalue weighted by Crippen LogP contribution is -2.19. The van der Waals surface area contributed by atoms with Crippen LogP contribution in [0.2, 0.25) is 5.28 Å². The highest BCUT2D eigenvalue weighted by atomic mass is 35.5. The van der Waals surface area contributed by atoms with E-state index in [0.717, 1.165) is 23.1 Å². The lowest BCUT2D eigenvalue weighted by atomic mass is 10.2. The molecule has 0 aliphatic heterocycles. The van der Waals surface area contributed by atoms with Crippen LogP contribution in [-0.2, 0) is 0 Å². The number of thiophene rings is 1. The Kier molecular flexibility index (Phi) is 4.15. The second kappa shape index (κ2) is 5.62. The first kappa shape index (κ1) is 12.5. The fourth-order valence-electron chi connectivity index (χ4n) is 1.61. The van der Waals surface area contributed by atoms with Crippen molar-refractivity contribution in [1.82, 2.24) is 9.97 Å². The molecule has 1 atom stereocenters. The Bertz CT molecular complexity index is 502. The third-order valence-electron chi connectivity index (χ3n) is 2.42. The molecule has 2 rings (SSSR count). The molecule has 2 aromatic rings. The van der Waals surface area contributed by atoms with Crippen molar-refractivity contribution in [2.24, 2.45) is 0 Å². The van der Waals surface area contributed by atoms with Crippen LogP contribution in [0.15, 0.2) is 11.4 Å². The summed E-state index contributed by atoms with van der Waals surface area (Å²) in [6.07, 6.45) is 1.38. The number of hydrogen-bond donors (Lipinski definition) is 2. The average Bonchev–Trinajstić information content (AvgIpc) is 2.74. The van der Waals surface area contributed by atoms with Crippen LogP contribution in [-0.4, -0.2) is 27.7 Å². The van der Waals surface area contributed by atoms with E-state index in [4.69, 9.17) is 11.6 Å². The van der Waals surface area contributed by atoms with Gasteiger partial charge in [0.2, 0.25) is 5.28 Å². The Labute approximate surface area is 109 Å². The van der Waals surface area contributed by atoms with Crippen LogP contribution in [0, 0.1) is 0 Å². The Morgan fingerprint density at radius 3 is 3.12 bits per heavy atom. The third-order valence-corrected chi connectivity index (χ3v) is 3.40. The lowest BCUT2D eigenvalue weighted by molar-refractivity contribution is 0.176. The number of nitrogens with zero attached hydrogens (tertiary/aromatic N) is 2. The molecule has 6 heteroatoms. The van der Waals surface area contributed by atoms with E-state index in [1.165, 1.54) is 11.3 Å². The molecule has 0 aliphatic rings. The average molecular weight is 272 g/mol. The zero-order valence-corrected chi connectivity index (χ0v) is 11.1. The summed E-state index contributed by atoms with van der Waals surface area (Å²) in [6.45, 7) is 2.52. The zero-order chi connectivity index (χ0) is 12.3. The molecule has 4 nitrogen and oxygen atoms in total. The maximum absolute atomic E-state index is 9.67. The summed E-state index contributed by atoms with van der Waals surface area (Å²) in [7, 11) is 0. The van der Waals surface area contributed by atoms with Gasteiger partial charge in [-0.25, -0.2) is 9.97 Å². The van der Waals surface area contributed by atoms with E-state index in [9.17, 15) is 5.11 Å². The smallest absolute Gasteiger partial charge is 0.225 e. The molecule has 0 aliphatic carbocycles. The van der Waals surface area contributed by atoms with E-state index in [-0.39, 0.29) is 11.4 Å². The van der Waals surface area contributed by atoms with E-state index < -0.39 is 0 Å². The number of aromatic nitrogens is 2. The molecule has 92 valence electrons. The quantitative estimate of drug-likeness (QED) is 0.821. The van der Waals surface area contributed by atoms with Gasteiger partial charge in [0.05, 0.1) is 11.5 Å². The van der Waals surface area contributed by atoms with Gasteiger partial charge >= 0.3 is 0 Å². The number of aliphatic hydroxyl groups is 1. The maximum atomic E-state index is 9.67. The van der Waals surface area contributed by atoms with Gasteiger partial charge in [0, 0.05) is 6.54 Å². The van der Waals surface area contributed by atoms with Gasteiger partial charge in [-0.05, 0) is 29.5 Å². The number of halogens is 1. The number of rotatable bonds is 5. The van der Waals surface area contributed by atoms with Crippen LogP contribution in [0.25, 0.3) is 10.2 Å². The molecule has 2 heterocycles. The van der Waals surface area contributed by atoms with Gasteiger partial charge in [0.15, 0.2) is 0 Å². The van der Waals surface area contributed by atoms with Gasteiger partial charge in [0.25, 0.3) is 0 Å². The van der Waals surface area contributed by atoms with Crippen molar-refractivity contribution in [3.05, 3.63) is 16.7 Å². The molecule has 0 spiro atoms. The molecule has 0 aromatic carbocycles. The lowest BCUT2D eigenvalue weighted by Gasteiger charge is -2.11. The summed E-state index contributed by atoms with van der Waals surface area (Å²) in [6, 6.07) is 1.95. The Balaban J connectivity index is 2.14. The van der Waals surface area contributed by atoms with E-state index >= 15 is 0 Å². The topological polar surface area (TPSA) is 58.0 Å². The normalized spacial score (nSPS) is 12.9. The maximum Gasteiger partial charge on any atom is 0.225 e. The van der Waals surface area contributed by atoms with Gasteiger partial charge < -0.3 is 10.4 Å². The van der Waals surface area contributed by atoms with Crippen LogP contribution >= 0.6 is 22.9 Å². The van der Waals surface area contributed by atoms with Gasteiger partial charge in [-0.3, -0.25) is 0 Å². The molecule has 0 bridgehead atoms.